The molecular weight excluding hydrogens is 370 g/mol. The number of fused-ring (bicyclic) bond motifs is 3. The van der Waals surface area contributed by atoms with Crippen molar-refractivity contribution in [3.8, 4) is 0 Å². The van der Waals surface area contributed by atoms with Crippen LogP contribution in [0.4, 0.5) is 0 Å². The highest BCUT2D eigenvalue weighted by atomic mass is 35.5. The van der Waals surface area contributed by atoms with Crippen LogP contribution in [0.25, 0.3) is 0 Å². The summed E-state index contributed by atoms with van der Waals surface area (Å²) in [5.74, 6) is -1.12. The average molecular weight is 382 g/mol. The van der Waals surface area contributed by atoms with Crippen molar-refractivity contribution in [2.75, 3.05) is 12.4 Å². The largest absolute Gasteiger partial charge is 0.395 e. The Balaban J connectivity index is 1.94. The molecule has 2 aliphatic heterocycles. The van der Waals surface area contributed by atoms with Gasteiger partial charge in [-0.15, -0.1) is 0 Å². The van der Waals surface area contributed by atoms with E-state index in [-0.39, 0.29) is 39.0 Å². The maximum absolute atomic E-state index is 12.7. The first-order valence-electron chi connectivity index (χ1n) is 7.36. The van der Waals surface area contributed by atoms with Crippen molar-refractivity contribution in [1.82, 2.24) is 9.78 Å². The fourth-order valence-electron chi connectivity index (χ4n) is 3.08. The maximum Gasteiger partial charge on any atom is 0.277 e. The number of carbonyl (C=O) groups excluding carboxylic acids is 1. The van der Waals surface area contributed by atoms with Crippen molar-refractivity contribution < 1.29 is 18.0 Å². The number of ketones is 1. The van der Waals surface area contributed by atoms with Crippen LogP contribution in [0.1, 0.15) is 21.5 Å². The predicted molar refractivity (Wildman–Crippen MR) is 89.0 cm³/mol. The lowest BCUT2D eigenvalue weighted by molar-refractivity contribution is 0.103. The second-order valence-corrected chi connectivity index (χ2v) is 8.31. The molecule has 0 aliphatic carbocycles. The van der Waals surface area contributed by atoms with Gasteiger partial charge in [-0.05, 0) is 12.1 Å². The maximum atomic E-state index is 12.7. The van der Waals surface area contributed by atoms with Crippen LogP contribution >= 0.6 is 11.6 Å². The van der Waals surface area contributed by atoms with Gasteiger partial charge in [0.25, 0.3) is 5.56 Å². The predicted octanol–water partition coefficient (Wildman–Crippen LogP) is 0.736. The summed E-state index contributed by atoms with van der Waals surface area (Å²) in [7, 11) is -2.08. The Labute approximate surface area is 146 Å². The third-order valence-corrected chi connectivity index (χ3v) is 6.61. The number of sulfone groups is 1. The third-order valence-electron chi connectivity index (χ3n) is 4.37. The van der Waals surface area contributed by atoms with Crippen LogP contribution < -0.4 is 5.56 Å². The van der Waals surface area contributed by atoms with Crippen LogP contribution in [0.2, 0.25) is 5.02 Å². The Morgan fingerprint density at radius 2 is 2.16 bits per heavy atom. The molecule has 1 N–H and O–H groups in total. The van der Waals surface area contributed by atoms with Crippen molar-refractivity contribution in [3.63, 3.8) is 0 Å². The third kappa shape index (κ3) is 2.26. The van der Waals surface area contributed by atoms with E-state index < -0.39 is 27.1 Å². The summed E-state index contributed by atoms with van der Waals surface area (Å²) in [6.07, 6.45) is 1.29. The Kier molecular flexibility index (Phi) is 3.41. The lowest BCUT2D eigenvalue weighted by Gasteiger charge is -2.22. The minimum Gasteiger partial charge on any atom is -0.395 e. The molecule has 0 radical (unpaired) electrons. The summed E-state index contributed by atoms with van der Waals surface area (Å²) in [4.78, 5) is 29.7. The Morgan fingerprint density at radius 3 is 2.84 bits per heavy atom. The van der Waals surface area contributed by atoms with Gasteiger partial charge in [0.1, 0.15) is 12.2 Å². The van der Waals surface area contributed by atoms with E-state index in [0.29, 0.717) is 5.71 Å². The molecule has 25 heavy (non-hydrogen) atoms. The SMILES string of the molecule is Cn1[nH]cc(C(=O)c2ccc3c(c2Cl)C2=NOCC2CS3(=O)=O)c1=O. The fraction of sp³-hybridized carbons (Fsp3) is 0.267. The molecule has 0 saturated carbocycles. The smallest absolute Gasteiger partial charge is 0.277 e. The van der Waals surface area contributed by atoms with Gasteiger partial charge in [-0.2, -0.15) is 0 Å². The summed E-state index contributed by atoms with van der Waals surface area (Å²) in [6.45, 7) is 0.154. The Morgan fingerprint density at radius 1 is 1.40 bits per heavy atom. The number of oxime groups is 1. The molecule has 0 fully saturated rings. The molecule has 2 aliphatic rings. The molecule has 1 aromatic carbocycles. The second kappa shape index (κ2) is 5.30. The molecule has 2 aromatic rings. The van der Waals surface area contributed by atoms with Gasteiger partial charge in [-0.3, -0.25) is 14.3 Å². The van der Waals surface area contributed by atoms with Crippen LogP contribution in [0.5, 0.6) is 0 Å². The van der Waals surface area contributed by atoms with Gasteiger partial charge in [0, 0.05) is 24.4 Å². The van der Waals surface area contributed by atoms with Crippen LogP contribution in [-0.2, 0) is 21.7 Å². The van der Waals surface area contributed by atoms with Crippen molar-refractivity contribution >= 4 is 32.9 Å². The molecule has 8 nitrogen and oxygen atoms in total. The Hall–Kier alpha value is -2.39. The molecule has 0 amide bonds. The van der Waals surface area contributed by atoms with Crippen molar-refractivity contribution in [3.05, 3.63) is 50.4 Å². The van der Waals surface area contributed by atoms with Gasteiger partial charge in [0.05, 0.1) is 27.3 Å². The number of aryl methyl sites for hydroxylation is 1. The highest BCUT2D eigenvalue weighted by Crippen LogP contribution is 2.38. The van der Waals surface area contributed by atoms with Gasteiger partial charge in [0.15, 0.2) is 9.84 Å². The molecule has 3 heterocycles. The van der Waals surface area contributed by atoms with Gasteiger partial charge >= 0.3 is 0 Å². The zero-order valence-corrected chi connectivity index (χ0v) is 14.5. The van der Waals surface area contributed by atoms with Crippen molar-refractivity contribution in [1.29, 1.82) is 0 Å². The summed E-state index contributed by atoms with van der Waals surface area (Å²) >= 11 is 6.38. The number of benzene rings is 1. The fourth-order valence-corrected chi connectivity index (χ4v) is 5.24. The van der Waals surface area contributed by atoms with E-state index >= 15 is 0 Å². The van der Waals surface area contributed by atoms with Gasteiger partial charge in [0.2, 0.25) is 5.78 Å². The molecule has 0 spiro atoms. The topological polar surface area (TPSA) is 111 Å². The van der Waals surface area contributed by atoms with E-state index in [1.54, 1.807) is 0 Å². The molecule has 4 rings (SSSR count). The second-order valence-electron chi connectivity index (χ2n) is 5.93. The van der Waals surface area contributed by atoms with Gasteiger partial charge in [-0.1, -0.05) is 16.8 Å². The van der Waals surface area contributed by atoms with Crippen molar-refractivity contribution in [2.24, 2.45) is 18.1 Å². The van der Waals surface area contributed by atoms with Gasteiger partial charge < -0.3 is 9.94 Å². The van der Waals surface area contributed by atoms with E-state index in [1.165, 1.54) is 25.4 Å². The first-order valence-corrected chi connectivity index (χ1v) is 9.39. The van der Waals surface area contributed by atoms with E-state index in [0.717, 1.165) is 4.68 Å². The van der Waals surface area contributed by atoms with E-state index in [4.69, 9.17) is 16.4 Å². The highest BCUT2D eigenvalue weighted by molar-refractivity contribution is 7.91. The number of nitrogens with one attached hydrogen (secondary N) is 1. The van der Waals surface area contributed by atoms with Crippen LogP contribution in [0.15, 0.2) is 33.2 Å². The quantitative estimate of drug-likeness (QED) is 0.771. The number of hydrogen-bond donors (Lipinski definition) is 1. The number of rotatable bonds is 2. The summed E-state index contributed by atoms with van der Waals surface area (Å²) in [5, 5.41) is 6.49. The summed E-state index contributed by atoms with van der Waals surface area (Å²) in [5.41, 5.74) is 0.0812. The number of H-pyrrole nitrogens is 1. The first kappa shape index (κ1) is 16.1. The molecule has 1 unspecified atom stereocenters. The standard InChI is InChI=1S/C15H12ClN3O5S/c1-19-15(21)9(4-17-19)14(20)8-2-3-10-11(12(8)16)13-7(5-24-18-13)6-25(10,22)23/h2-4,7,17H,5-6H2,1H3. The number of halogens is 1. The molecule has 10 heteroatoms. The molecule has 1 aromatic heterocycles. The minimum atomic E-state index is -3.56. The zero-order valence-electron chi connectivity index (χ0n) is 12.9. The monoisotopic (exact) mass is 381 g/mol. The lowest BCUT2D eigenvalue weighted by Crippen LogP contribution is -2.32. The van der Waals surface area contributed by atoms with E-state index in [9.17, 15) is 18.0 Å². The lowest BCUT2D eigenvalue weighted by atomic mass is 9.95. The number of carbonyl (C=O) groups is 1. The van der Waals surface area contributed by atoms with E-state index in [2.05, 4.69) is 10.3 Å². The molecule has 0 bridgehead atoms. The average Bonchev–Trinajstić information content (AvgIpc) is 3.13. The van der Waals surface area contributed by atoms with Crippen LogP contribution in [-0.4, -0.2) is 42.1 Å². The summed E-state index contributed by atoms with van der Waals surface area (Å²) in [6, 6.07) is 2.65. The Bertz CT molecular complexity index is 1110. The molecule has 1 atom stereocenters. The van der Waals surface area contributed by atoms with Gasteiger partial charge in [-0.25, -0.2) is 8.42 Å². The zero-order chi connectivity index (χ0) is 17.9. The highest BCUT2D eigenvalue weighted by Gasteiger charge is 2.41. The minimum absolute atomic E-state index is 0.0246. The number of nitrogens with zero attached hydrogens (tertiary/aromatic N) is 2. The molecular formula is C15H12ClN3O5S. The van der Waals surface area contributed by atoms with E-state index in [1.807, 2.05) is 0 Å². The number of hydrogen-bond acceptors (Lipinski definition) is 6. The normalized spacial score (nSPS) is 20.4. The van der Waals surface area contributed by atoms with Crippen LogP contribution in [0, 0.1) is 5.92 Å². The first-order chi connectivity index (χ1) is 11.8. The number of aromatic amines is 1. The molecule has 130 valence electrons. The van der Waals surface area contributed by atoms with Crippen molar-refractivity contribution in [2.45, 2.75) is 4.90 Å². The van der Waals surface area contributed by atoms with Crippen LogP contribution in [0.3, 0.4) is 0 Å². The number of aromatic nitrogens is 2. The molecule has 0 saturated heterocycles. The summed E-state index contributed by atoms with van der Waals surface area (Å²) < 4.78 is 26.1.